The van der Waals surface area contributed by atoms with Crippen LogP contribution in [0.25, 0.3) is 0 Å². The van der Waals surface area contributed by atoms with Crippen molar-refractivity contribution in [2.24, 2.45) is 0 Å². The Morgan fingerprint density at radius 2 is 2.35 bits per heavy atom. The molecule has 2 N–H and O–H groups in total. The first kappa shape index (κ1) is 11.9. The number of rotatable bonds is 5. The summed E-state index contributed by atoms with van der Waals surface area (Å²) in [5, 5.41) is 16.2. The summed E-state index contributed by atoms with van der Waals surface area (Å²) in [6.45, 7) is 0.553. The van der Waals surface area contributed by atoms with E-state index in [0.717, 1.165) is 12.1 Å². The molecule has 0 unspecified atom stereocenters. The molecule has 0 saturated heterocycles. The lowest BCUT2D eigenvalue weighted by atomic mass is 10.3. The van der Waals surface area contributed by atoms with Crippen molar-refractivity contribution in [3.8, 4) is 0 Å². The van der Waals surface area contributed by atoms with Gasteiger partial charge in [-0.05, 0) is 0 Å². The molecule has 6 nitrogen and oxygen atoms in total. The first-order chi connectivity index (χ1) is 8.29. The molecule has 0 bridgehead atoms. The normalized spacial score (nSPS) is 10.2. The van der Waals surface area contributed by atoms with Crippen LogP contribution in [0.4, 0.5) is 5.13 Å². The van der Waals surface area contributed by atoms with Crippen molar-refractivity contribution in [2.75, 3.05) is 18.9 Å². The number of nitrogens with one attached hydrogen (secondary N) is 2. The molecule has 8 heteroatoms. The van der Waals surface area contributed by atoms with Gasteiger partial charge in [-0.15, -0.1) is 21.5 Å². The molecule has 0 saturated carbocycles. The van der Waals surface area contributed by atoms with Gasteiger partial charge < -0.3 is 10.6 Å². The lowest BCUT2D eigenvalue weighted by Crippen LogP contribution is -2.25. The van der Waals surface area contributed by atoms with Crippen molar-refractivity contribution >= 4 is 33.7 Å². The van der Waals surface area contributed by atoms with Crippen LogP contribution in [0.3, 0.4) is 0 Å². The Hall–Kier alpha value is -1.54. The van der Waals surface area contributed by atoms with Gasteiger partial charge in [-0.3, -0.25) is 4.79 Å². The zero-order valence-corrected chi connectivity index (χ0v) is 10.8. The fourth-order valence-electron chi connectivity index (χ4n) is 1.16. The molecule has 1 amide bonds. The number of nitrogens with zero attached hydrogens (tertiary/aromatic N) is 3. The van der Waals surface area contributed by atoms with Crippen LogP contribution < -0.4 is 10.6 Å². The van der Waals surface area contributed by atoms with Gasteiger partial charge in [0.2, 0.25) is 10.1 Å². The van der Waals surface area contributed by atoms with Crippen LogP contribution >= 0.6 is 22.7 Å². The highest BCUT2D eigenvalue weighted by Gasteiger charge is 2.11. The molecule has 0 spiro atoms. The van der Waals surface area contributed by atoms with E-state index in [9.17, 15) is 4.79 Å². The van der Waals surface area contributed by atoms with Crippen LogP contribution in [0.1, 0.15) is 15.5 Å². The smallest absolute Gasteiger partial charge is 0.282 e. The summed E-state index contributed by atoms with van der Waals surface area (Å²) in [5.41, 5.74) is 2.77. The third kappa shape index (κ3) is 3.21. The van der Waals surface area contributed by atoms with Gasteiger partial charge in [0.15, 0.2) is 0 Å². The summed E-state index contributed by atoms with van der Waals surface area (Å²) in [7, 11) is 1.74. The summed E-state index contributed by atoms with van der Waals surface area (Å²) in [6, 6.07) is 0. The topological polar surface area (TPSA) is 79.8 Å². The minimum absolute atomic E-state index is 0.195. The van der Waals surface area contributed by atoms with Gasteiger partial charge in [0, 0.05) is 25.4 Å². The molecule has 2 aromatic rings. The van der Waals surface area contributed by atoms with E-state index in [0.29, 0.717) is 16.7 Å². The minimum Gasteiger partial charge on any atom is -0.363 e. The fourth-order valence-corrected chi connectivity index (χ4v) is 2.36. The molecule has 90 valence electrons. The Balaban J connectivity index is 1.81. The van der Waals surface area contributed by atoms with Crippen molar-refractivity contribution in [1.82, 2.24) is 20.5 Å². The van der Waals surface area contributed by atoms with Gasteiger partial charge in [0.1, 0.15) is 0 Å². The molecule has 2 aromatic heterocycles. The second-order valence-electron chi connectivity index (χ2n) is 3.15. The van der Waals surface area contributed by atoms with Crippen molar-refractivity contribution in [3.63, 3.8) is 0 Å². The summed E-state index contributed by atoms with van der Waals surface area (Å²) >= 11 is 2.78. The van der Waals surface area contributed by atoms with Crippen molar-refractivity contribution in [3.05, 3.63) is 21.6 Å². The number of anilines is 1. The molecule has 0 fully saturated rings. The second kappa shape index (κ2) is 5.69. The molecule has 0 aromatic carbocycles. The van der Waals surface area contributed by atoms with Gasteiger partial charge in [0.25, 0.3) is 5.91 Å². The van der Waals surface area contributed by atoms with E-state index in [4.69, 9.17) is 0 Å². The molecule has 0 atom stereocenters. The van der Waals surface area contributed by atoms with Crippen molar-refractivity contribution in [2.45, 2.75) is 6.42 Å². The van der Waals surface area contributed by atoms with Gasteiger partial charge in [-0.2, -0.15) is 0 Å². The Bertz CT molecular complexity index is 481. The quantitative estimate of drug-likeness (QED) is 0.846. The summed E-state index contributed by atoms with van der Waals surface area (Å²) < 4.78 is 0. The van der Waals surface area contributed by atoms with E-state index in [1.165, 1.54) is 11.3 Å². The molecular weight excluding hydrogens is 258 g/mol. The summed E-state index contributed by atoms with van der Waals surface area (Å²) in [5.74, 6) is -0.195. The Kier molecular flexibility index (Phi) is 3.99. The van der Waals surface area contributed by atoms with E-state index >= 15 is 0 Å². The molecular formula is C9H11N5OS2. The molecule has 2 rings (SSSR count). The van der Waals surface area contributed by atoms with E-state index in [-0.39, 0.29) is 5.91 Å². The van der Waals surface area contributed by atoms with Crippen LogP contribution in [0.5, 0.6) is 0 Å². The number of hydrogen-bond acceptors (Lipinski definition) is 7. The van der Waals surface area contributed by atoms with Crippen LogP contribution in [0.15, 0.2) is 10.9 Å². The molecule has 0 radical (unpaired) electrons. The van der Waals surface area contributed by atoms with E-state index < -0.39 is 0 Å². The fraction of sp³-hybridized carbons (Fsp3) is 0.333. The first-order valence-electron chi connectivity index (χ1n) is 4.96. The predicted molar refractivity (Wildman–Crippen MR) is 67.6 cm³/mol. The highest BCUT2D eigenvalue weighted by molar-refractivity contribution is 7.17. The predicted octanol–water partition coefficient (Wildman–Crippen LogP) is 1.01. The number of aromatic nitrogens is 3. The molecule has 2 heterocycles. The average Bonchev–Trinajstić information content (AvgIpc) is 2.99. The number of thiazole rings is 1. The monoisotopic (exact) mass is 269 g/mol. The van der Waals surface area contributed by atoms with E-state index in [1.54, 1.807) is 23.9 Å². The van der Waals surface area contributed by atoms with Crippen molar-refractivity contribution < 1.29 is 4.79 Å². The maximum absolute atomic E-state index is 11.7. The van der Waals surface area contributed by atoms with Gasteiger partial charge in [-0.25, -0.2) is 4.98 Å². The molecule has 17 heavy (non-hydrogen) atoms. The largest absolute Gasteiger partial charge is 0.363 e. The lowest BCUT2D eigenvalue weighted by molar-refractivity contribution is 0.0953. The number of amides is 1. The van der Waals surface area contributed by atoms with Crippen LogP contribution in [-0.4, -0.2) is 34.7 Å². The van der Waals surface area contributed by atoms with Crippen LogP contribution in [0.2, 0.25) is 0 Å². The SMILES string of the molecule is CNc1nnc(C(=O)NCCc2cscn2)s1. The average molecular weight is 269 g/mol. The lowest BCUT2D eigenvalue weighted by Gasteiger charge is -1.99. The maximum Gasteiger partial charge on any atom is 0.282 e. The number of hydrogen-bond donors (Lipinski definition) is 2. The molecule has 0 aliphatic heterocycles. The van der Waals surface area contributed by atoms with Crippen molar-refractivity contribution in [1.29, 1.82) is 0 Å². The standard InChI is InChI=1S/C9H11N5OS2/c1-10-9-14-13-8(17-9)7(15)11-3-2-6-4-16-5-12-6/h4-5H,2-3H2,1H3,(H,10,14)(H,11,15). The highest BCUT2D eigenvalue weighted by atomic mass is 32.1. The maximum atomic E-state index is 11.7. The van der Waals surface area contributed by atoms with Crippen LogP contribution in [0, 0.1) is 0 Å². The number of carbonyl (C=O) groups is 1. The summed E-state index contributed by atoms with van der Waals surface area (Å²) in [4.78, 5) is 15.8. The first-order valence-corrected chi connectivity index (χ1v) is 6.72. The second-order valence-corrected chi connectivity index (χ2v) is 4.84. The van der Waals surface area contributed by atoms with Gasteiger partial charge >= 0.3 is 0 Å². The van der Waals surface area contributed by atoms with E-state index in [2.05, 4.69) is 25.8 Å². The highest BCUT2D eigenvalue weighted by Crippen LogP contribution is 2.13. The number of carbonyl (C=O) groups excluding carboxylic acids is 1. The zero-order chi connectivity index (χ0) is 12.1. The minimum atomic E-state index is -0.195. The van der Waals surface area contributed by atoms with Gasteiger partial charge in [0.05, 0.1) is 11.2 Å². The summed E-state index contributed by atoms with van der Waals surface area (Å²) in [6.07, 6.45) is 0.729. The molecule has 0 aliphatic carbocycles. The third-order valence-electron chi connectivity index (χ3n) is 1.98. The Labute approximate surface area is 106 Å². The van der Waals surface area contributed by atoms with Gasteiger partial charge in [-0.1, -0.05) is 11.3 Å². The third-order valence-corrected chi connectivity index (χ3v) is 3.56. The van der Waals surface area contributed by atoms with Crippen LogP contribution in [-0.2, 0) is 6.42 Å². The molecule has 0 aliphatic rings. The zero-order valence-electron chi connectivity index (χ0n) is 9.14. The van der Waals surface area contributed by atoms with E-state index in [1.807, 2.05) is 5.38 Å². The Morgan fingerprint density at radius 1 is 1.47 bits per heavy atom. The Morgan fingerprint density at radius 3 is 3.00 bits per heavy atom.